The van der Waals surface area contributed by atoms with Crippen molar-refractivity contribution in [2.24, 2.45) is 11.8 Å². The Balaban J connectivity index is 1.94. The normalized spacial score (nSPS) is 24.3. The maximum absolute atomic E-state index is 13.7. The molecule has 5 nitrogen and oxygen atoms in total. The van der Waals surface area contributed by atoms with E-state index in [1.807, 2.05) is 0 Å². The van der Waals surface area contributed by atoms with E-state index < -0.39 is 17.9 Å². The zero-order valence-electron chi connectivity index (χ0n) is 15.2. The van der Waals surface area contributed by atoms with Crippen molar-refractivity contribution in [1.29, 1.82) is 0 Å². The summed E-state index contributed by atoms with van der Waals surface area (Å²) < 4.78 is 23.7. The highest BCUT2D eigenvalue weighted by molar-refractivity contribution is 5.92. The molecule has 2 rings (SSSR count). The molecule has 0 radical (unpaired) electrons. The highest BCUT2D eigenvalue weighted by Crippen LogP contribution is 2.29. The van der Waals surface area contributed by atoms with Gasteiger partial charge in [0.05, 0.1) is 12.7 Å². The van der Waals surface area contributed by atoms with Crippen molar-refractivity contribution in [3.05, 3.63) is 29.6 Å². The van der Waals surface area contributed by atoms with Gasteiger partial charge >= 0.3 is 5.97 Å². The van der Waals surface area contributed by atoms with E-state index in [1.165, 1.54) is 32.6 Å². The zero-order valence-corrected chi connectivity index (χ0v) is 15.2. The zero-order chi connectivity index (χ0) is 18.6. The minimum absolute atomic E-state index is 0.0395. The molecule has 1 fully saturated rings. The SMILES string of the molecule is COc1ccc(C(=O)O[C@H](C)C(=O)N[C@@H]2CCC[C@@H](C)[C@@H]2C)cc1F. The van der Waals surface area contributed by atoms with Crippen LogP contribution in [0, 0.1) is 17.7 Å². The molecule has 0 saturated heterocycles. The van der Waals surface area contributed by atoms with Crippen LogP contribution >= 0.6 is 0 Å². The van der Waals surface area contributed by atoms with Crippen LogP contribution in [0.3, 0.4) is 0 Å². The van der Waals surface area contributed by atoms with Crippen LogP contribution < -0.4 is 10.1 Å². The van der Waals surface area contributed by atoms with Gasteiger partial charge in [0.25, 0.3) is 5.91 Å². The molecular weight excluding hydrogens is 325 g/mol. The Hall–Kier alpha value is -2.11. The number of esters is 1. The molecule has 6 heteroatoms. The van der Waals surface area contributed by atoms with Crippen LogP contribution in [0.1, 0.15) is 50.4 Å². The average Bonchev–Trinajstić information content (AvgIpc) is 2.58. The second kappa shape index (κ2) is 8.32. The minimum Gasteiger partial charge on any atom is -0.494 e. The molecule has 1 aromatic carbocycles. The summed E-state index contributed by atoms with van der Waals surface area (Å²) in [6, 6.07) is 3.88. The fraction of sp³-hybridized carbons (Fsp3) is 0.579. The summed E-state index contributed by atoms with van der Waals surface area (Å²) in [5.74, 6) is -0.736. The molecule has 1 saturated carbocycles. The maximum Gasteiger partial charge on any atom is 0.339 e. The second-order valence-corrected chi connectivity index (χ2v) is 6.78. The number of methoxy groups -OCH3 is 1. The van der Waals surface area contributed by atoms with Crippen LogP contribution in [0.2, 0.25) is 0 Å². The molecular formula is C19H26FNO4. The van der Waals surface area contributed by atoms with Gasteiger partial charge in [0, 0.05) is 6.04 Å². The first-order valence-corrected chi connectivity index (χ1v) is 8.68. The lowest BCUT2D eigenvalue weighted by Crippen LogP contribution is -2.47. The fourth-order valence-electron chi connectivity index (χ4n) is 3.16. The number of carbonyl (C=O) groups is 2. The number of hydrogen-bond acceptors (Lipinski definition) is 4. The van der Waals surface area contributed by atoms with Crippen molar-refractivity contribution in [3.63, 3.8) is 0 Å². The first-order valence-electron chi connectivity index (χ1n) is 8.68. The molecule has 0 bridgehead atoms. The summed E-state index contributed by atoms with van der Waals surface area (Å²) >= 11 is 0. The van der Waals surface area contributed by atoms with Crippen molar-refractivity contribution in [2.75, 3.05) is 7.11 Å². The number of hydrogen-bond donors (Lipinski definition) is 1. The molecule has 0 aromatic heterocycles. The van der Waals surface area contributed by atoms with Gasteiger partial charge in [0.15, 0.2) is 17.7 Å². The third-order valence-electron chi connectivity index (χ3n) is 5.08. The van der Waals surface area contributed by atoms with Crippen LogP contribution in [-0.4, -0.2) is 31.1 Å². The molecule has 0 aliphatic heterocycles. The van der Waals surface area contributed by atoms with E-state index in [9.17, 15) is 14.0 Å². The van der Waals surface area contributed by atoms with Crippen molar-refractivity contribution < 1.29 is 23.5 Å². The van der Waals surface area contributed by atoms with Crippen LogP contribution in [0.25, 0.3) is 0 Å². The standard InChI is InChI=1S/C19H26FNO4/c1-11-6-5-7-16(12(11)2)21-18(22)13(3)25-19(23)14-8-9-17(24-4)15(20)10-14/h8-13,16H,5-7H2,1-4H3,(H,21,22)/t11-,12+,13-,16-/m1/s1. The number of halogens is 1. The predicted molar refractivity (Wildman–Crippen MR) is 91.9 cm³/mol. The molecule has 0 spiro atoms. The molecule has 1 aromatic rings. The molecule has 1 aliphatic carbocycles. The molecule has 0 unspecified atom stereocenters. The largest absolute Gasteiger partial charge is 0.494 e. The van der Waals surface area contributed by atoms with Gasteiger partial charge in [-0.2, -0.15) is 0 Å². The average molecular weight is 351 g/mol. The Kier molecular flexibility index (Phi) is 6.39. The topological polar surface area (TPSA) is 64.6 Å². The van der Waals surface area contributed by atoms with Crippen LogP contribution in [0.5, 0.6) is 5.75 Å². The van der Waals surface area contributed by atoms with Crippen LogP contribution in [0.15, 0.2) is 18.2 Å². The molecule has 25 heavy (non-hydrogen) atoms. The summed E-state index contributed by atoms with van der Waals surface area (Å²) in [6.07, 6.45) is 2.24. The smallest absolute Gasteiger partial charge is 0.339 e. The highest BCUT2D eigenvalue weighted by Gasteiger charge is 2.30. The van der Waals surface area contributed by atoms with Crippen LogP contribution in [0.4, 0.5) is 4.39 Å². The lowest BCUT2D eigenvalue weighted by Gasteiger charge is -2.35. The number of benzene rings is 1. The van der Waals surface area contributed by atoms with E-state index in [4.69, 9.17) is 9.47 Å². The highest BCUT2D eigenvalue weighted by atomic mass is 19.1. The van der Waals surface area contributed by atoms with Crippen molar-refractivity contribution in [2.45, 2.75) is 52.2 Å². The maximum atomic E-state index is 13.7. The van der Waals surface area contributed by atoms with E-state index >= 15 is 0 Å². The summed E-state index contributed by atoms with van der Waals surface area (Å²) in [5.41, 5.74) is 0.0395. The Bertz CT molecular complexity index is 634. The number of ether oxygens (including phenoxy) is 2. The molecule has 0 heterocycles. The van der Waals surface area contributed by atoms with E-state index in [0.29, 0.717) is 11.8 Å². The molecule has 4 atom stereocenters. The first-order chi connectivity index (χ1) is 11.8. The number of rotatable bonds is 5. The second-order valence-electron chi connectivity index (χ2n) is 6.78. The summed E-state index contributed by atoms with van der Waals surface area (Å²) in [6.45, 7) is 5.83. The lowest BCUT2D eigenvalue weighted by molar-refractivity contribution is -0.130. The van der Waals surface area contributed by atoms with Crippen molar-refractivity contribution in [1.82, 2.24) is 5.32 Å². The Morgan fingerprint density at radius 3 is 2.64 bits per heavy atom. The van der Waals surface area contributed by atoms with Crippen LogP contribution in [-0.2, 0) is 9.53 Å². The van der Waals surface area contributed by atoms with Gasteiger partial charge in [-0.25, -0.2) is 9.18 Å². The molecule has 138 valence electrons. The Morgan fingerprint density at radius 2 is 2.00 bits per heavy atom. The van der Waals surface area contributed by atoms with E-state index in [0.717, 1.165) is 18.9 Å². The minimum atomic E-state index is -0.943. The van der Waals surface area contributed by atoms with E-state index in [2.05, 4.69) is 19.2 Å². The van der Waals surface area contributed by atoms with Crippen molar-refractivity contribution >= 4 is 11.9 Å². The lowest BCUT2D eigenvalue weighted by atomic mass is 9.78. The van der Waals surface area contributed by atoms with Gasteiger partial charge in [0.1, 0.15) is 0 Å². The molecule has 1 aliphatic rings. The van der Waals surface area contributed by atoms with E-state index in [1.54, 1.807) is 0 Å². The number of amides is 1. The fourth-order valence-corrected chi connectivity index (χ4v) is 3.16. The quantitative estimate of drug-likeness (QED) is 0.827. The predicted octanol–water partition coefficient (Wildman–Crippen LogP) is 3.32. The van der Waals surface area contributed by atoms with Gasteiger partial charge in [-0.05, 0) is 43.4 Å². The van der Waals surface area contributed by atoms with Gasteiger partial charge in [-0.3, -0.25) is 4.79 Å². The summed E-state index contributed by atoms with van der Waals surface area (Å²) in [4.78, 5) is 24.4. The van der Waals surface area contributed by atoms with Gasteiger partial charge in [-0.15, -0.1) is 0 Å². The Labute approximate surface area is 147 Å². The molecule has 1 N–H and O–H groups in total. The third kappa shape index (κ3) is 4.71. The van der Waals surface area contributed by atoms with Crippen molar-refractivity contribution in [3.8, 4) is 5.75 Å². The van der Waals surface area contributed by atoms with Gasteiger partial charge < -0.3 is 14.8 Å². The third-order valence-corrected chi connectivity index (χ3v) is 5.08. The van der Waals surface area contributed by atoms with E-state index in [-0.39, 0.29) is 23.3 Å². The number of nitrogens with one attached hydrogen (secondary N) is 1. The van der Waals surface area contributed by atoms with Gasteiger partial charge in [0.2, 0.25) is 0 Å². The first kappa shape index (κ1) is 19.2. The monoisotopic (exact) mass is 351 g/mol. The summed E-state index contributed by atoms with van der Waals surface area (Å²) in [7, 11) is 1.34. The van der Waals surface area contributed by atoms with Gasteiger partial charge in [-0.1, -0.05) is 26.7 Å². The number of carbonyl (C=O) groups excluding carboxylic acids is 2. The summed E-state index contributed by atoms with van der Waals surface area (Å²) in [5, 5.41) is 2.98. The Morgan fingerprint density at radius 1 is 1.28 bits per heavy atom. The molecule has 1 amide bonds.